The van der Waals surface area contributed by atoms with Crippen molar-refractivity contribution in [2.24, 2.45) is 5.92 Å². The molecule has 3 fully saturated rings. The third kappa shape index (κ3) is 3.36. The average molecular weight is 445 g/mol. The number of pyridine rings is 1. The van der Waals surface area contributed by atoms with E-state index in [4.69, 9.17) is 0 Å². The van der Waals surface area contributed by atoms with Crippen molar-refractivity contribution in [3.05, 3.63) is 59.9 Å². The van der Waals surface area contributed by atoms with Gasteiger partial charge in [0.15, 0.2) is 0 Å². The van der Waals surface area contributed by atoms with Gasteiger partial charge >= 0.3 is 12.2 Å². The minimum absolute atomic E-state index is 0.203. The third-order valence-corrected chi connectivity index (χ3v) is 7.40. The van der Waals surface area contributed by atoms with Crippen molar-refractivity contribution >= 4 is 11.7 Å². The highest BCUT2D eigenvalue weighted by molar-refractivity contribution is 5.95. The highest BCUT2D eigenvalue weighted by Crippen LogP contribution is 2.57. The van der Waals surface area contributed by atoms with E-state index in [0.717, 1.165) is 37.9 Å². The smallest absolute Gasteiger partial charge is 0.316 e. The van der Waals surface area contributed by atoms with Gasteiger partial charge in [-0.3, -0.25) is 14.8 Å². The van der Waals surface area contributed by atoms with Crippen LogP contribution in [0, 0.1) is 5.92 Å². The monoisotopic (exact) mass is 444 g/mol. The molecular weight excluding hydrogens is 417 g/mol. The molecule has 1 spiro atoms. The summed E-state index contributed by atoms with van der Waals surface area (Å²) in [7, 11) is 4.10. The van der Waals surface area contributed by atoms with Gasteiger partial charge in [-0.15, -0.1) is 0 Å². The minimum atomic E-state index is -4.50. The molecule has 2 aromatic rings. The van der Waals surface area contributed by atoms with E-state index in [1.807, 2.05) is 23.1 Å². The highest BCUT2D eigenvalue weighted by Gasteiger charge is 2.65. The number of anilines is 1. The first-order valence-corrected chi connectivity index (χ1v) is 11.0. The lowest BCUT2D eigenvalue weighted by Gasteiger charge is -2.60. The number of amides is 2. The molecule has 0 N–H and O–H groups in total. The molecule has 32 heavy (non-hydrogen) atoms. The highest BCUT2D eigenvalue weighted by atomic mass is 19.4. The molecule has 170 valence electrons. The van der Waals surface area contributed by atoms with E-state index in [-0.39, 0.29) is 17.3 Å². The molecule has 2 heterocycles. The summed E-state index contributed by atoms with van der Waals surface area (Å²) in [6, 6.07) is 11.1. The van der Waals surface area contributed by atoms with Crippen molar-refractivity contribution in [3.63, 3.8) is 0 Å². The lowest BCUT2D eigenvalue weighted by molar-refractivity contribution is -0.137. The molecule has 5 nitrogen and oxygen atoms in total. The minimum Gasteiger partial charge on any atom is -0.316 e. The number of urea groups is 1. The maximum absolute atomic E-state index is 13.5. The SMILES string of the molecule is CN(C)C1(c2ccccc2)CC2(CN(c3cncc(C(F)(F)F)c3)C(=O)N2CC2CC2)C1. The number of hydrogen-bond acceptors (Lipinski definition) is 3. The van der Waals surface area contributed by atoms with Crippen LogP contribution in [0.25, 0.3) is 0 Å². The molecule has 8 heteroatoms. The van der Waals surface area contributed by atoms with Crippen LogP contribution in [0.5, 0.6) is 0 Å². The van der Waals surface area contributed by atoms with Crippen molar-refractivity contribution in [3.8, 4) is 0 Å². The number of carbonyl (C=O) groups is 1. The molecule has 2 saturated carbocycles. The van der Waals surface area contributed by atoms with E-state index in [2.05, 4.69) is 36.1 Å². The molecule has 1 aromatic carbocycles. The molecule has 1 saturated heterocycles. The van der Waals surface area contributed by atoms with Crippen LogP contribution in [-0.2, 0) is 11.7 Å². The maximum Gasteiger partial charge on any atom is 0.417 e. The van der Waals surface area contributed by atoms with Gasteiger partial charge in [0.1, 0.15) is 0 Å². The van der Waals surface area contributed by atoms with E-state index in [1.165, 1.54) is 16.7 Å². The Morgan fingerprint density at radius 1 is 1.12 bits per heavy atom. The second kappa shape index (κ2) is 7.20. The standard InChI is InChI=1S/C24H27F3N4O/c1-29(2)23(18-6-4-3-5-7-18)14-22(15-23)16-30(21(32)31(22)13-17-8-9-17)20-10-19(11-28-12-20)24(25,26)27/h3-7,10-12,17H,8-9,13-16H2,1-2H3. The summed E-state index contributed by atoms with van der Waals surface area (Å²) in [4.78, 5) is 22.9. The molecule has 5 rings (SSSR count). The van der Waals surface area contributed by atoms with Crippen LogP contribution in [0.2, 0.25) is 0 Å². The number of aromatic nitrogens is 1. The Labute approximate surface area is 185 Å². The van der Waals surface area contributed by atoms with Gasteiger partial charge in [-0.25, -0.2) is 4.79 Å². The molecule has 1 aliphatic heterocycles. The first kappa shape index (κ1) is 21.2. The van der Waals surface area contributed by atoms with Crippen LogP contribution in [-0.4, -0.2) is 53.5 Å². The molecule has 2 aliphatic carbocycles. The first-order valence-electron chi connectivity index (χ1n) is 11.0. The number of nitrogens with zero attached hydrogens (tertiary/aromatic N) is 4. The Kier molecular flexibility index (Phi) is 4.78. The van der Waals surface area contributed by atoms with Gasteiger partial charge in [-0.2, -0.15) is 13.2 Å². The summed E-state index contributed by atoms with van der Waals surface area (Å²) >= 11 is 0. The van der Waals surface area contributed by atoms with Crippen LogP contribution in [0.1, 0.15) is 36.8 Å². The van der Waals surface area contributed by atoms with Gasteiger partial charge in [0.2, 0.25) is 0 Å². The zero-order valence-corrected chi connectivity index (χ0v) is 18.3. The molecule has 0 bridgehead atoms. The topological polar surface area (TPSA) is 39.7 Å². The van der Waals surface area contributed by atoms with Gasteiger partial charge in [-0.1, -0.05) is 30.3 Å². The number of halogens is 3. The fourth-order valence-electron chi connectivity index (χ4n) is 5.42. The Bertz CT molecular complexity index is 1010. The van der Waals surface area contributed by atoms with Gasteiger partial charge in [-0.05, 0) is 57.3 Å². The molecule has 0 unspecified atom stereocenters. The van der Waals surface area contributed by atoms with Crippen LogP contribution in [0.4, 0.5) is 23.7 Å². The predicted molar refractivity (Wildman–Crippen MR) is 115 cm³/mol. The van der Waals surface area contributed by atoms with Crippen LogP contribution >= 0.6 is 0 Å². The number of alkyl halides is 3. The summed E-state index contributed by atoms with van der Waals surface area (Å²) in [6.45, 7) is 1.05. The van der Waals surface area contributed by atoms with Gasteiger partial charge < -0.3 is 4.90 Å². The van der Waals surface area contributed by atoms with Gasteiger partial charge in [0.05, 0.1) is 35.1 Å². The first-order chi connectivity index (χ1) is 15.1. The van der Waals surface area contributed by atoms with Crippen molar-refractivity contribution in [2.75, 3.05) is 32.1 Å². The summed E-state index contributed by atoms with van der Waals surface area (Å²) in [5.74, 6) is 0.487. The number of rotatable bonds is 5. The van der Waals surface area contributed by atoms with Gasteiger partial charge in [0.25, 0.3) is 0 Å². The molecule has 3 aliphatic rings. The normalized spacial score (nSPS) is 28.0. The summed E-state index contributed by atoms with van der Waals surface area (Å²) < 4.78 is 39.8. The quantitative estimate of drug-likeness (QED) is 0.669. The Morgan fingerprint density at radius 2 is 1.81 bits per heavy atom. The lowest BCUT2D eigenvalue weighted by atomic mass is 9.58. The van der Waals surface area contributed by atoms with Crippen molar-refractivity contribution in [1.82, 2.24) is 14.8 Å². The fourth-order valence-corrected chi connectivity index (χ4v) is 5.42. The molecule has 0 atom stereocenters. The Morgan fingerprint density at radius 3 is 2.41 bits per heavy atom. The molecular formula is C24H27F3N4O. The Hall–Kier alpha value is -2.61. The summed E-state index contributed by atoms with van der Waals surface area (Å²) in [5, 5.41) is 0. The number of carbonyl (C=O) groups excluding carboxylic acids is 1. The van der Waals surface area contributed by atoms with E-state index in [0.29, 0.717) is 19.0 Å². The van der Waals surface area contributed by atoms with E-state index in [1.54, 1.807) is 0 Å². The largest absolute Gasteiger partial charge is 0.417 e. The van der Waals surface area contributed by atoms with Crippen molar-refractivity contribution in [2.45, 2.75) is 42.9 Å². The summed E-state index contributed by atoms with van der Waals surface area (Å²) in [6.07, 6.45) is 1.36. The molecule has 0 radical (unpaired) electrons. The second-order valence-electron chi connectivity index (χ2n) is 9.72. The zero-order chi connectivity index (χ0) is 22.7. The molecule has 2 amide bonds. The predicted octanol–water partition coefficient (Wildman–Crippen LogP) is 4.74. The summed E-state index contributed by atoms with van der Waals surface area (Å²) in [5.41, 5.74) is -0.0179. The zero-order valence-electron chi connectivity index (χ0n) is 18.3. The molecule has 1 aromatic heterocycles. The fraction of sp³-hybridized carbons (Fsp3) is 0.500. The van der Waals surface area contributed by atoms with Crippen molar-refractivity contribution < 1.29 is 18.0 Å². The Balaban J connectivity index is 1.48. The maximum atomic E-state index is 13.5. The lowest BCUT2D eigenvalue weighted by Crippen LogP contribution is -2.67. The number of benzene rings is 1. The van der Waals surface area contributed by atoms with Crippen LogP contribution < -0.4 is 4.90 Å². The van der Waals surface area contributed by atoms with E-state index >= 15 is 0 Å². The van der Waals surface area contributed by atoms with E-state index < -0.39 is 17.3 Å². The van der Waals surface area contributed by atoms with Gasteiger partial charge in [0, 0.05) is 12.7 Å². The van der Waals surface area contributed by atoms with Crippen LogP contribution in [0.3, 0.4) is 0 Å². The number of hydrogen-bond donors (Lipinski definition) is 0. The van der Waals surface area contributed by atoms with E-state index in [9.17, 15) is 18.0 Å². The third-order valence-electron chi connectivity index (χ3n) is 7.40. The average Bonchev–Trinajstić information content (AvgIpc) is 3.51. The van der Waals surface area contributed by atoms with Crippen LogP contribution in [0.15, 0.2) is 48.8 Å². The second-order valence-corrected chi connectivity index (χ2v) is 9.72. The van der Waals surface area contributed by atoms with Crippen molar-refractivity contribution in [1.29, 1.82) is 0 Å².